The van der Waals surface area contributed by atoms with E-state index in [9.17, 15) is 8.42 Å². The summed E-state index contributed by atoms with van der Waals surface area (Å²) in [5.74, 6) is 0.203. The van der Waals surface area contributed by atoms with Gasteiger partial charge in [-0.3, -0.25) is 0 Å². The molecular formula is C10H22N2O3S. The second-order valence-electron chi connectivity index (χ2n) is 4.14. The van der Waals surface area contributed by atoms with Crippen molar-refractivity contribution in [3.05, 3.63) is 0 Å². The molecule has 1 rings (SSSR count). The van der Waals surface area contributed by atoms with Crippen LogP contribution in [0.3, 0.4) is 0 Å². The van der Waals surface area contributed by atoms with Gasteiger partial charge in [0.15, 0.2) is 0 Å². The lowest BCUT2D eigenvalue weighted by molar-refractivity contribution is 0.204. The molecule has 1 saturated heterocycles. The van der Waals surface area contributed by atoms with Gasteiger partial charge in [0.1, 0.15) is 0 Å². The maximum Gasteiger partial charge on any atom is 0.211 e. The van der Waals surface area contributed by atoms with Gasteiger partial charge >= 0.3 is 0 Å². The maximum atomic E-state index is 11.6. The fourth-order valence-corrected chi connectivity index (χ4v) is 2.97. The highest BCUT2D eigenvalue weighted by molar-refractivity contribution is 7.89. The largest absolute Gasteiger partial charge is 0.383 e. The van der Waals surface area contributed by atoms with Gasteiger partial charge in [-0.1, -0.05) is 6.42 Å². The van der Waals surface area contributed by atoms with Crippen molar-refractivity contribution >= 4 is 10.0 Å². The third kappa shape index (κ3) is 5.79. The van der Waals surface area contributed by atoms with Crippen molar-refractivity contribution in [2.24, 2.45) is 0 Å². The zero-order valence-electron chi connectivity index (χ0n) is 9.87. The SMILES string of the molecule is COCCNS(=O)(=O)CCC1CCCCN1. The predicted octanol–water partition coefficient (Wildman–Crippen LogP) is 0.0844. The minimum Gasteiger partial charge on any atom is -0.383 e. The molecule has 1 aliphatic heterocycles. The van der Waals surface area contributed by atoms with E-state index in [0.29, 0.717) is 25.6 Å². The first kappa shape index (κ1) is 13.9. The van der Waals surface area contributed by atoms with E-state index in [4.69, 9.17) is 4.74 Å². The molecule has 1 heterocycles. The lowest BCUT2D eigenvalue weighted by Crippen LogP contribution is -2.37. The lowest BCUT2D eigenvalue weighted by Gasteiger charge is -2.23. The number of rotatable bonds is 7. The highest BCUT2D eigenvalue weighted by Gasteiger charge is 2.16. The molecule has 1 aliphatic rings. The summed E-state index contributed by atoms with van der Waals surface area (Å²) in [6, 6.07) is 0.368. The summed E-state index contributed by atoms with van der Waals surface area (Å²) >= 11 is 0. The monoisotopic (exact) mass is 250 g/mol. The Balaban J connectivity index is 2.18. The Morgan fingerprint density at radius 3 is 2.88 bits per heavy atom. The molecule has 16 heavy (non-hydrogen) atoms. The van der Waals surface area contributed by atoms with Crippen LogP contribution in [0.15, 0.2) is 0 Å². The molecule has 0 saturated carbocycles. The average molecular weight is 250 g/mol. The number of hydrogen-bond donors (Lipinski definition) is 2. The Kier molecular flexibility index (Phi) is 6.26. The van der Waals surface area contributed by atoms with Crippen LogP contribution in [-0.2, 0) is 14.8 Å². The van der Waals surface area contributed by atoms with E-state index in [0.717, 1.165) is 13.0 Å². The number of piperidine rings is 1. The molecule has 0 aromatic carbocycles. The van der Waals surface area contributed by atoms with Crippen molar-refractivity contribution in [3.63, 3.8) is 0 Å². The molecule has 0 aromatic rings. The molecule has 0 amide bonds. The van der Waals surface area contributed by atoms with Gasteiger partial charge in [-0.15, -0.1) is 0 Å². The van der Waals surface area contributed by atoms with Gasteiger partial charge in [0, 0.05) is 19.7 Å². The van der Waals surface area contributed by atoms with Crippen LogP contribution in [0.4, 0.5) is 0 Å². The summed E-state index contributed by atoms with van der Waals surface area (Å²) in [5.41, 5.74) is 0. The van der Waals surface area contributed by atoms with Crippen LogP contribution in [0.2, 0.25) is 0 Å². The van der Waals surface area contributed by atoms with Crippen molar-refractivity contribution in [3.8, 4) is 0 Å². The summed E-state index contributed by atoms with van der Waals surface area (Å²) < 4.78 is 30.4. The molecule has 6 heteroatoms. The summed E-state index contributed by atoms with van der Waals surface area (Å²) in [6.45, 7) is 1.79. The molecule has 96 valence electrons. The van der Waals surface area contributed by atoms with Gasteiger partial charge in [-0.05, 0) is 25.8 Å². The Bertz CT molecular complexity index is 274. The second-order valence-corrected chi connectivity index (χ2v) is 6.07. The molecule has 0 aromatic heterocycles. The highest BCUT2D eigenvalue weighted by Crippen LogP contribution is 2.10. The summed E-state index contributed by atoms with van der Waals surface area (Å²) in [6.07, 6.45) is 4.19. The molecule has 0 aliphatic carbocycles. The van der Waals surface area contributed by atoms with Crippen LogP contribution in [0, 0.1) is 0 Å². The van der Waals surface area contributed by atoms with Crippen LogP contribution in [-0.4, -0.2) is 47.0 Å². The maximum absolute atomic E-state index is 11.6. The summed E-state index contributed by atoms with van der Waals surface area (Å²) in [5, 5.41) is 3.34. The predicted molar refractivity (Wildman–Crippen MR) is 63.9 cm³/mol. The minimum absolute atomic E-state index is 0.203. The summed E-state index contributed by atoms with van der Waals surface area (Å²) in [4.78, 5) is 0. The van der Waals surface area contributed by atoms with E-state index >= 15 is 0 Å². The van der Waals surface area contributed by atoms with E-state index < -0.39 is 10.0 Å². The fourth-order valence-electron chi connectivity index (χ4n) is 1.84. The molecule has 1 fully saturated rings. The molecule has 0 spiro atoms. The van der Waals surface area contributed by atoms with Gasteiger partial charge in [0.05, 0.1) is 12.4 Å². The highest BCUT2D eigenvalue weighted by atomic mass is 32.2. The van der Waals surface area contributed by atoms with Gasteiger partial charge in [0.2, 0.25) is 10.0 Å². The molecule has 0 bridgehead atoms. The topological polar surface area (TPSA) is 67.4 Å². The molecule has 2 N–H and O–H groups in total. The fraction of sp³-hybridized carbons (Fsp3) is 1.00. The van der Waals surface area contributed by atoms with Gasteiger partial charge in [0.25, 0.3) is 0 Å². The quantitative estimate of drug-likeness (QED) is 0.628. The first-order chi connectivity index (χ1) is 7.64. The van der Waals surface area contributed by atoms with Crippen molar-refractivity contribution in [2.75, 3.05) is 32.6 Å². The van der Waals surface area contributed by atoms with E-state index in [2.05, 4.69) is 10.0 Å². The Labute approximate surface area is 98.0 Å². The second kappa shape index (κ2) is 7.21. The van der Waals surface area contributed by atoms with Crippen molar-refractivity contribution < 1.29 is 13.2 Å². The van der Waals surface area contributed by atoms with E-state index in [1.807, 2.05) is 0 Å². The standard InChI is InChI=1S/C10H22N2O3S/c1-15-8-7-12-16(13,14)9-5-10-4-2-3-6-11-10/h10-12H,2-9H2,1H3. The van der Waals surface area contributed by atoms with E-state index in [1.165, 1.54) is 12.8 Å². The van der Waals surface area contributed by atoms with E-state index in [1.54, 1.807) is 7.11 Å². The molecule has 0 radical (unpaired) electrons. The van der Waals surface area contributed by atoms with Crippen LogP contribution in [0.25, 0.3) is 0 Å². The molecule has 1 atom stereocenters. The number of nitrogens with one attached hydrogen (secondary N) is 2. The smallest absolute Gasteiger partial charge is 0.211 e. The normalized spacial score (nSPS) is 22.2. The summed E-state index contributed by atoms with van der Waals surface area (Å²) in [7, 11) is -1.57. The molecule has 5 nitrogen and oxygen atoms in total. The zero-order chi connectivity index (χ0) is 11.9. The zero-order valence-corrected chi connectivity index (χ0v) is 10.7. The lowest BCUT2D eigenvalue weighted by atomic mass is 10.0. The van der Waals surface area contributed by atoms with Crippen molar-refractivity contribution in [1.82, 2.24) is 10.0 Å². The number of ether oxygens (including phenoxy) is 1. The third-order valence-electron chi connectivity index (χ3n) is 2.78. The van der Waals surface area contributed by atoms with Crippen molar-refractivity contribution in [1.29, 1.82) is 0 Å². The van der Waals surface area contributed by atoms with Gasteiger partial charge < -0.3 is 10.1 Å². The van der Waals surface area contributed by atoms with Gasteiger partial charge in [-0.2, -0.15) is 0 Å². The Hall–Kier alpha value is -0.170. The minimum atomic E-state index is -3.12. The third-order valence-corrected chi connectivity index (χ3v) is 4.19. The molecular weight excluding hydrogens is 228 g/mol. The number of methoxy groups -OCH3 is 1. The van der Waals surface area contributed by atoms with Crippen LogP contribution in [0.1, 0.15) is 25.7 Å². The number of sulfonamides is 1. The Morgan fingerprint density at radius 2 is 2.25 bits per heavy atom. The van der Waals surface area contributed by atoms with E-state index in [-0.39, 0.29) is 5.75 Å². The van der Waals surface area contributed by atoms with Gasteiger partial charge in [-0.25, -0.2) is 13.1 Å². The molecule has 1 unspecified atom stereocenters. The average Bonchev–Trinajstić information content (AvgIpc) is 2.28. The van der Waals surface area contributed by atoms with Crippen LogP contribution in [0.5, 0.6) is 0 Å². The Morgan fingerprint density at radius 1 is 1.44 bits per heavy atom. The van der Waals surface area contributed by atoms with Crippen LogP contribution < -0.4 is 10.0 Å². The first-order valence-electron chi connectivity index (χ1n) is 5.84. The van der Waals surface area contributed by atoms with Crippen LogP contribution >= 0.6 is 0 Å². The first-order valence-corrected chi connectivity index (χ1v) is 7.49. The van der Waals surface area contributed by atoms with Crippen molar-refractivity contribution in [2.45, 2.75) is 31.7 Å². The number of hydrogen-bond acceptors (Lipinski definition) is 4.